The van der Waals surface area contributed by atoms with E-state index in [4.69, 9.17) is 51.8 Å². The highest BCUT2D eigenvalue weighted by Crippen LogP contribution is 2.24. The van der Waals surface area contributed by atoms with Gasteiger partial charge in [-0.15, -0.1) is 0 Å². The van der Waals surface area contributed by atoms with Crippen molar-refractivity contribution in [3.63, 3.8) is 0 Å². The van der Waals surface area contributed by atoms with E-state index in [2.05, 4.69) is 10.6 Å². The molecule has 8 heteroatoms. The van der Waals surface area contributed by atoms with Gasteiger partial charge in [0, 0.05) is 17.1 Å². The molecule has 0 aliphatic carbocycles. The second-order valence-corrected chi connectivity index (χ2v) is 6.70. The molecule has 2 aromatic carbocycles. The Morgan fingerprint density at radius 3 is 2.44 bits per heavy atom. The molecule has 4 nitrogen and oxygen atoms in total. The SMILES string of the molecule is O=C(CCCOc1ccc(Cl)cc1)NC(=S)Nc1ccc(Cl)c(Cl)c1. The number of anilines is 1. The molecule has 2 N–H and O–H groups in total. The normalized spacial score (nSPS) is 10.2. The second-order valence-electron chi connectivity index (χ2n) is 5.04. The second kappa shape index (κ2) is 9.82. The molecule has 0 aliphatic heterocycles. The highest BCUT2D eigenvalue weighted by atomic mass is 35.5. The van der Waals surface area contributed by atoms with E-state index in [0.29, 0.717) is 39.5 Å². The van der Waals surface area contributed by atoms with Crippen LogP contribution in [-0.2, 0) is 4.79 Å². The fourth-order valence-electron chi connectivity index (χ4n) is 1.88. The smallest absolute Gasteiger partial charge is 0.226 e. The Kier molecular flexibility index (Phi) is 7.78. The molecule has 0 bridgehead atoms. The first kappa shape index (κ1) is 19.8. The van der Waals surface area contributed by atoms with Crippen LogP contribution >= 0.6 is 47.0 Å². The summed E-state index contributed by atoms with van der Waals surface area (Å²) in [6, 6.07) is 12.0. The van der Waals surface area contributed by atoms with Crippen LogP contribution in [0.4, 0.5) is 5.69 Å². The van der Waals surface area contributed by atoms with Crippen molar-refractivity contribution in [1.82, 2.24) is 5.32 Å². The average Bonchev–Trinajstić information content (AvgIpc) is 2.56. The molecule has 2 rings (SSSR count). The van der Waals surface area contributed by atoms with Crippen molar-refractivity contribution in [2.75, 3.05) is 11.9 Å². The molecule has 0 spiro atoms. The number of benzene rings is 2. The monoisotopic (exact) mass is 416 g/mol. The standard InChI is InChI=1S/C17H15Cl3N2O2S/c18-11-3-6-13(7-4-11)24-9-1-2-16(23)22-17(25)21-12-5-8-14(19)15(20)10-12/h3-8,10H,1-2,9H2,(H2,21,22,23,25). The molecule has 0 fully saturated rings. The van der Waals surface area contributed by atoms with Gasteiger partial charge in [0.05, 0.1) is 16.7 Å². The molecule has 1 amide bonds. The number of carbonyl (C=O) groups is 1. The van der Waals surface area contributed by atoms with E-state index in [-0.39, 0.29) is 17.4 Å². The van der Waals surface area contributed by atoms with Gasteiger partial charge in [0.2, 0.25) is 5.91 Å². The summed E-state index contributed by atoms with van der Waals surface area (Å²) >= 11 is 22.7. The Morgan fingerprint density at radius 2 is 1.76 bits per heavy atom. The number of rotatable bonds is 6. The molecule has 25 heavy (non-hydrogen) atoms. The van der Waals surface area contributed by atoms with Crippen molar-refractivity contribution in [2.24, 2.45) is 0 Å². The minimum atomic E-state index is -0.197. The van der Waals surface area contributed by atoms with Crippen molar-refractivity contribution in [3.8, 4) is 5.75 Å². The Morgan fingerprint density at radius 1 is 1.04 bits per heavy atom. The van der Waals surface area contributed by atoms with Crippen LogP contribution in [0.15, 0.2) is 42.5 Å². The maximum absolute atomic E-state index is 11.9. The Bertz CT molecular complexity index is 754. The van der Waals surface area contributed by atoms with E-state index in [1.807, 2.05) is 0 Å². The van der Waals surface area contributed by atoms with E-state index < -0.39 is 0 Å². The Hall–Kier alpha value is -1.53. The Balaban J connectivity index is 1.67. The van der Waals surface area contributed by atoms with E-state index in [1.165, 1.54) is 0 Å². The van der Waals surface area contributed by atoms with Gasteiger partial charge in [0.1, 0.15) is 5.75 Å². The largest absolute Gasteiger partial charge is 0.494 e. The number of ether oxygens (including phenoxy) is 1. The third kappa shape index (κ3) is 7.08. The van der Waals surface area contributed by atoms with E-state index in [0.717, 1.165) is 0 Å². The maximum atomic E-state index is 11.9. The third-order valence-corrected chi connectivity index (χ3v) is 4.26. The molecule has 132 valence electrons. The predicted molar refractivity (Wildman–Crippen MR) is 107 cm³/mol. The van der Waals surface area contributed by atoms with Gasteiger partial charge in [-0.05, 0) is 61.1 Å². The molecular formula is C17H15Cl3N2O2S. The molecular weight excluding hydrogens is 403 g/mol. The Labute approximate surface area is 166 Å². The number of hydrogen-bond acceptors (Lipinski definition) is 3. The summed E-state index contributed by atoms with van der Waals surface area (Å²) < 4.78 is 5.52. The van der Waals surface area contributed by atoms with Crippen molar-refractivity contribution in [1.29, 1.82) is 0 Å². The zero-order chi connectivity index (χ0) is 18.2. The van der Waals surface area contributed by atoms with Crippen molar-refractivity contribution in [3.05, 3.63) is 57.5 Å². The lowest BCUT2D eigenvalue weighted by Gasteiger charge is -2.10. The summed E-state index contributed by atoms with van der Waals surface area (Å²) in [6.45, 7) is 0.419. The first-order valence-corrected chi connectivity index (χ1v) is 8.92. The van der Waals surface area contributed by atoms with Crippen LogP contribution in [-0.4, -0.2) is 17.6 Å². The number of carbonyl (C=O) groups excluding carboxylic acids is 1. The summed E-state index contributed by atoms with van der Waals surface area (Å²) in [5.41, 5.74) is 0.644. The summed E-state index contributed by atoms with van der Waals surface area (Å²) in [5.74, 6) is 0.513. The number of halogens is 3. The summed E-state index contributed by atoms with van der Waals surface area (Å²) in [4.78, 5) is 11.9. The summed E-state index contributed by atoms with van der Waals surface area (Å²) in [7, 11) is 0. The molecule has 0 aliphatic rings. The molecule has 0 atom stereocenters. The van der Waals surface area contributed by atoms with Gasteiger partial charge in [-0.1, -0.05) is 34.8 Å². The minimum absolute atomic E-state index is 0.196. The summed E-state index contributed by atoms with van der Waals surface area (Å²) in [6.07, 6.45) is 0.848. The molecule has 0 unspecified atom stereocenters. The fraction of sp³-hybridized carbons (Fsp3) is 0.176. The van der Waals surface area contributed by atoms with Crippen LogP contribution in [0.5, 0.6) is 5.75 Å². The van der Waals surface area contributed by atoms with Crippen molar-refractivity contribution in [2.45, 2.75) is 12.8 Å². The minimum Gasteiger partial charge on any atom is -0.494 e. The average molecular weight is 418 g/mol. The van der Waals surface area contributed by atoms with Gasteiger partial charge in [0.15, 0.2) is 5.11 Å². The van der Waals surface area contributed by atoms with E-state index in [9.17, 15) is 4.79 Å². The first-order valence-electron chi connectivity index (χ1n) is 7.38. The van der Waals surface area contributed by atoms with Crippen LogP contribution < -0.4 is 15.4 Å². The predicted octanol–water partition coefficient (Wildman–Crippen LogP) is 5.32. The lowest BCUT2D eigenvalue weighted by atomic mass is 10.3. The lowest BCUT2D eigenvalue weighted by molar-refractivity contribution is -0.119. The van der Waals surface area contributed by atoms with Crippen LogP contribution in [0.25, 0.3) is 0 Å². The van der Waals surface area contributed by atoms with Crippen LogP contribution in [0.1, 0.15) is 12.8 Å². The summed E-state index contributed by atoms with van der Waals surface area (Å²) in [5, 5.41) is 7.17. The molecule has 0 radical (unpaired) electrons. The van der Waals surface area contributed by atoms with Crippen LogP contribution in [0.3, 0.4) is 0 Å². The molecule has 0 saturated heterocycles. The lowest BCUT2D eigenvalue weighted by Crippen LogP contribution is -2.34. The van der Waals surface area contributed by atoms with Crippen molar-refractivity contribution < 1.29 is 9.53 Å². The molecule has 0 saturated carbocycles. The number of hydrogen-bond donors (Lipinski definition) is 2. The highest BCUT2D eigenvalue weighted by molar-refractivity contribution is 7.80. The van der Waals surface area contributed by atoms with Gasteiger partial charge < -0.3 is 15.4 Å². The van der Waals surface area contributed by atoms with Gasteiger partial charge >= 0.3 is 0 Å². The van der Waals surface area contributed by atoms with Gasteiger partial charge in [-0.2, -0.15) is 0 Å². The third-order valence-electron chi connectivity index (χ3n) is 3.06. The number of amides is 1. The molecule has 0 heterocycles. The van der Waals surface area contributed by atoms with Crippen LogP contribution in [0, 0.1) is 0 Å². The van der Waals surface area contributed by atoms with Gasteiger partial charge in [-0.3, -0.25) is 4.79 Å². The fourth-order valence-corrected chi connectivity index (χ4v) is 2.53. The zero-order valence-corrected chi connectivity index (χ0v) is 16.1. The highest BCUT2D eigenvalue weighted by Gasteiger charge is 2.06. The number of thiocarbonyl (C=S) groups is 1. The van der Waals surface area contributed by atoms with Gasteiger partial charge in [-0.25, -0.2) is 0 Å². The number of nitrogens with one attached hydrogen (secondary N) is 2. The van der Waals surface area contributed by atoms with Crippen LogP contribution in [0.2, 0.25) is 15.1 Å². The quantitative estimate of drug-likeness (QED) is 0.493. The topological polar surface area (TPSA) is 50.4 Å². The molecule has 2 aromatic rings. The zero-order valence-electron chi connectivity index (χ0n) is 13.0. The van der Waals surface area contributed by atoms with E-state index in [1.54, 1.807) is 42.5 Å². The van der Waals surface area contributed by atoms with Gasteiger partial charge in [0.25, 0.3) is 0 Å². The van der Waals surface area contributed by atoms with Crippen molar-refractivity contribution >= 4 is 63.7 Å². The van der Waals surface area contributed by atoms with E-state index >= 15 is 0 Å². The molecule has 0 aromatic heterocycles. The first-order chi connectivity index (χ1) is 11.9. The maximum Gasteiger partial charge on any atom is 0.226 e.